The third kappa shape index (κ3) is 3.79. The summed E-state index contributed by atoms with van der Waals surface area (Å²) in [7, 11) is 0. The number of likely N-dealkylation sites (N-methyl/N-ethyl adjacent to an activating group) is 1. The van der Waals surface area contributed by atoms with Gasteiger partial charge >= 0.3 is 0 Å². The Labute approximate surface area is 130 Å². The van der Waals surface area contributed by atoms with Gasteiger partial charge in [0.25, 0.3) is 0 Å². The summed E-state index contributed by atoms with van der Waals surface area (Å²) in [6.07, 6.45) is 5.47. The van der Waals surface area contributed by atoms with E-state index in [2.05, 4.69) is 29.0 Å². The minimum Gasteiger partial charge on any atom is -0.381 e. The number of hydrogen-bond acceptors (Lipinski definition) is 4. The van der Waals surface area contributed by atoms with Gasteiger partial charge in [-0.2, -0.15) is 0 Å². The van der Waals surface area contributed by atoms with Crippen molar-refractivity contribution in [3.63, 3.8) is 0 Å². The van der Waals surface area contributed by atoms with E-state index < -0.39 is 0 Å². The second-order valence-corrected chi connectivity index (χ2v) is 7.24. The van der Waals surface area contributed by atoms with E-state index in [1.807, 2.05) is 0 Å². The zero-order chi connectivity index (χ0) is 14.7. The van der Waals surface area contributed by atoms with Crippen LogP contribution in [-0.4, -0.2) is 73.9 Å². The zero-order valence-electron chi connectivity index (χ0n) is 13.9. The van der Waals surface area contributed by atoms with Gasteiger partial charge in [-0.1, -0.05) is 13.3 Å². The summed E-state index contributed by atoms with van der Waals surface area (Å²) in [5.74, 6) is 0.710. The van der Waals surface area contributed by atoms with Crippen LogP contribution in [0.1, 0.15) is 39.5 Å². The van der Waals surface area contributed by atoms with Crippen molar-refractivity contribution in [1.82, 2.24) is 15.1 Å². The fraction of sp³-hybridized carbons (Fsp3) is 1.00. The molecule has 0 aromatic heterocycles. The van der Waals surface area contributed by atoms with E-state index in [1.54, 1.807) is 0 Å². The highest BCUT2D eigenvalue weighted by Crippen LogP contribution is 2.25. The normalized spacial score (nSPS) is 36.6. The SMILES string of the molecule is CCNC(CN1CC2CCCCN2CC1C)C1CCOC1. The first-order valence-electron chi connectivity index (χ1n) is 9.07. The molecule has 3 heterocycles. The summed E-state index contributed by atoms with van der Waals surface area (Å²) in [5.41, 5.74) is 0. The van der Waals surface area contributed by atoms with Gasteiger partial charge in [-0.3, -0.25) is 9.80 Å². The third-order valence-electron chi connectivity index (χ3n) is 5.75. The lowest BCUT2D eigenvalue weighted by atomic mass is 9.94. The maximum atomic E-state index is 5.62. The highest BCUT2D eigenvalue weighted by Gasteiger charge is 2.35. The molecule has 0 spiro atoms. The minimum atomic E-state index is 0.607. The van der Waals surface area contributed by atoms with Crippen molar-refractivity contribution in [2.45, 2.75) is 57.7 Å². The maximum Gasteiger partial charge on any atom is 0.0510 e. The molecule has 1 N–H and O–H groups in total. The molecule has 3 fully saturated rings. The number of hydrogen-bond donors (Lipinski definition) is 1. The molecule has 0 amide bonds. The molecule has 0 bridgehead atoms. The van der Waals surface area contributed by atoms with E-state index in [-0.39, 0.29) is 0 Å². The standard InChI is InChI=1S/C17H33N3O/c1-3-18-17(15-7-9-21-13-15)12-20-11-16-6-4-5-8-19(16)10-14(20)2/h14-18H,3-13H2,1-2H3. The minimum absolute atomic E-state index is 0.607. The number of nitrogens with one attached hydrogen (secondary N) is 1. The first-order valence-corrected chi connectivity index (χ1v) is 9.07. The Balaban J connectivity index is 1.58. The Hall–Kier alpha value is -0.160. The Morgan fingerprint density at radius 3 is 2.90 bits per heavy atom. The number of fused-ring (bicyclic) bond motifs is 1. The molecule has 0 saturated carbocycles. The van der Waals surface area contributed by atoms with Gasteiger partial charge in [0.2, 0.25) is 0 Å². The van der Waals surface area contributed by atoms with Gasteiger partial charge in [-0.05, 0) is 39.3 Å². The molecule has 0 aliphatic carbocycles. The molecule has 3 rings (SSSR count). The molecule has 3 aliphatic rings. The highest BCUT2D eigenvalue weighted by molar-refractivity contribution is 4.92. The number of rotatable bonds is 5. The topological polar surface area (TPSA) is 27.7 Å². The van der Waals surface area contributed by atoms with Crippen LogP contribution in [0.2, 0.25) is 0 Å². The van der Waals surface area contributed by atoms with E-state index in [0.29, 0.717) is 18.0 Å². The van der Waals surface area contributed by atoms with Crippen molar-refractivity contribution in [1.29, 1.82) is 0 Å². The van der Waals surface area contributed by atoms with Gasteiger partial charge in [0.15, 0.2) is 0 Å². The lowest BCUT2D eigenvalue weighted by Gasteiger charge is -2.48. The Kier molecular flexibility index (Phi) is 5.54. The van der Waals surface area contributed by atoms with E-state index >= 15 is 0 Å². The van der Waals surface area contributed by atoms with E-state index in [4.69, 9.17) is 4.74 Å². The summed E-state index contributed by atoms with van der Waals surface area (Å²) in [6, 6.07) is 2.12. The predicted molar refractivity (Wildman–Crippen MR) is 86.6 cm³/mol. The summed E-state index contributed by atoms with van der Waals surface area (Å²) in [4.78, 5) is 5.49. The molecule has 4 atom stereocenters. The van der Waals surface area contributed by atoms with Gasteiger partial charge in [-0.25, -0.2) is 0 Å². The summed E-state index contributed by atoms with van der Waals surface area (Å²) < 4.78 is 5.62. The molecule has 3 aliphatic heterocycles. The largest absolute Gasteiger partial charge is 0.381 e. The van der Waals surface area contributed by atoms with Crippen molar-refractivity contribution in [3.8, 4) is 0 Å². The number of piperazine rings is 1. The molecule has 3 saturated heterocycles. The molecule has 21 heavy (non-hydrogen) atoms. The molecular formula is C17H33N3O. The van der Waals surface area contributed by atoms with Crippen LogP contribution in [0.3, 0.4) is 0 Å². The second-order valence-electron chi connectivity index (χ2n) is 7.24. The number of ether oxygens (including phenoxy) is 1. The number of nitrogens with zero attached hydrogens (tertiary/aromatic N) is 2. The molecule has 0 aromatic carbocycles. The average Bonchev–Trinajstić information content (AvgIpc) is 3.01. The smallest absolute Gasteiger partial charge is 0.0510 e. The van der Waals surface area contributed by atoms with Crippen molar-refractivity contribution in [3.05, 3.63) is 0 Å². The predicted octanol–water partition coefficient (Wildman–Crippen LogP) is 1.56. The molecule has 122 valence electrons. The van der Waals surface area contributed by atoms with Gasteiger partial charge in [-0.15, -0.1) is 0 Å². The molecule has 4 nitrogen and oxygen atoms in total. The van der Waals surface area contributed by atoms with Gasteiger partial charge in [0.1, 0.15) is 0 Å². The molecule has 0 radical (unpaired) electrons. The Morgan fingerprint density at radius 1 is 1.24 bits per heavy atom. The van der Waals surface area contributed by atoms with E-state index in [9.17, 15) is 0 Å². The lowest BCUT2D eigenvalue weighted by Crippen LogP contribution is -2.61. The first kappa shape index (κ1) is 15.7. The fourth-order valence-electron chi connectivity index (χ4n) is 4.43. The summed E-state index contributed by atoms with van der Waals surface area (Å²) in [5, 5.41) is 3.73. The highest BCUT2D eigenvalue weighted by atomic mass is 16.5. The lowest BCUT2D eigenvalue weighted by molar-refractivity contribution is 0.00703. The van der Waals surface area contributed by atoms with Crippen LogP contribution >= 0.6 is 0 Å². The molecule has 4 unspecified atom stereocenters. The fourth-order valence-corrected chi connectivity index (χ4v) is 4.43. The van der Waals surface area contributed by atoms with Crippen molar-refractivity contribution in [2.24, 2.45) is 5.92 Å². The molecule has 0 aromatic rings. The molecule has 4 heteroatoms. The van der Waals surface area contributed by atoms with Crippen LogP contribution in [0, 0.1) is 5.92 Å². The van der Waals surface area contributed by atoms with Crippen LogP contribution in [-0.2, 0) is 4.74 Å². The van der Waals surface area contributed by atoms with Gasteiger partial charge in [0.05, 0.1) is 6.61 Å². The first-order chi connectivity index (χ1) is 10.3. The summed E-state index contributed by atoms with van der Waals surface area (Å²) >= 11 is 0. The summed E-state index contributed by atoms with van der Waals surface area (Å²) in [6.45, 7) is 12.7. The van der Waals surface area contributed by atoms with Crippen LogP contribution in [0.4, 0.5) is 0 Å². The van der Waals surface area contributed by atoms with Gasteiger partial charge < -0.3 is 10.1 Å². The maximum absolute atomic E-state index is 5.62. The van der Waals surface area contributed by atoms with Crippen LogP contribution in [0.15, 0.2) is 0 Å². The Bertz CT molecular complexity index is 319. The van der Waals surface area contributed by atoms with Crippen molar-refractivity contribution in [2.75, 3.05) is 45.9 Å². The number of piperidine rings is 1. The molecular weight excluding hydrogens is 262 g/mol. The Morgan fingerprint density at radius 2 is 2.14 bits per heavy atom. The monoisotopic (exact) mass is 295 g/mol. The van der Waals surface area contributed by atoms with Crippen LogP contribution in [0.5, 0.6) is 0 Å². The van der Waals surface area contributed by atoms with Crippen LogP contribution in [0.25, 0.3) is 0 Å². The van der Waals surface area contributed by atoms with Gasteiger partial charge in [0, 0.05) is 50.3 Å². The second kappa shape index (κ2) is 7.40. The quantitative estimate of drug-likeness (QED) is 0.833. The zero-order valence-corrected chi connectivity index (χ0v) is 13.9. The van der Waals surface area contributed by atoms with Crippen molar-refractivity contribution >= 4 is 0 Å². The van der Waals surface area contributed by atoms with E-state index in [1.165, 1.54) is 51.9 Å². The third-order valence-corrected chi connectivity index (χ3v) is 5.75. The van der Waals surface area contributed by atoms with Crippen LogP contribution < -0.4 is 5.32 Å². The van der Waals surface area contributed by atoms with E-state index in [0.717, 1.165) is 25.8 Å². The average molecular weight is 295 g/mol. The van der Waals surface area contributed by atoms with Crippen molar-refractivity contribution < 1.29 is 4.74 Å².